The zero-order chi connectivity index (χ0) is 20.6. The second kappa shape index (κ2) is 10.8. The van der Waals surface area contributed by atoms with Gasteiger partial charge >= 0.3 is 0 Å². The van der Waals surface area contributed by atoms with Crippen molar-refractivity contribution in [1.82, 2.24) is 15.1 Å². The molecule has 3 N–H and O–H groups in total. The number of aliphatic imine (C=N–C) groups is 1. The molecule has 29 heavy (non-hydrogen) atoms. The summed E-state index contributed by atoms with van der Waals surface area (Å²) in [5, 5.41) is 4.22. The third-order valence-corrected chi connectivity index (χ3v) is 6.11. The molecule has 0 bridgehead atoms. The molecule has 0 spiro atoms. The van der Waals surface area contributed by atoms with E-state index in [4.69, 9.17) is 22.3 Å². The van der Waals surface area contributed by atoms with E-state index in [9.17, 15) is 4.79 Å². The summed E-state index contributed by atoms with van der Waals surface area (Å²) in [6, 6.07) is 8.40. The van der Waals surface area contributed by atoms with Crippen molar-refractivity contribution in [3.63, 3.8) is 0 Å². The maximum Gasteiger partial charge on any atom is 0.217 e. The van der Waals surface area contributed by atoms with Crippen LogP contribution in [0.5, 0.6) is 0 Å². The molecule has 2 aliphatic rings. The van der Waals surface area contributed by atoms with Gasteiger partial charge < -0.3 is 16.0 Å². The summed E-state index contributed by atoms with van der Waals surface area (Å²) in [6.45, 7) is 7.62. The number of piperidine rings is 1. The topological polar surface area (TPSA) is 74.0 Å². The predicted octanol–water partition coefficient (Wildman–Crippen LogP) is 3.03. The highest BCUT2D eigenvalue weighted by molar-refractivity contribution is 6.30. The number of amides is 1. The fourth-order valence-electron chi connectivity index (χ4n) is 4.51. The normalized spacial score (nSPS) is 21.9. The highest BCUT2D eigenvalue weighted by Gasteiger charge is 2.26. The lowest BCUT2D eigenvalue weighted by Gasteiger charge is -2.35. The Morgan fingerprint density at radius 1 is 1.31 bits per heavy atom. The average molecular weight is 420 g/mol. The van der Waals surface area contributed by atoms with Gasteiger partial charge in [0, 0.05) is 31.1 Å². The van der Waals surface area contributed by atoms with Crippen molar-refractivity contribution >= 4 is 23.5 Å². The molecule has 7 heteroatoms. The van der Waals surface area contributed by atoms with E-state index in [1.807, 2.05) is 12.1 Å². The summed E-state index contributed by atoms with van der Waals surface area (Å²) in [6.07, 6.45) is 5.04. The molecule has 1 aromatic carbocycles. The number of rotatable bonds is 7. The van der Waals surface area contributed by atoms with Crippen LogP contribution in [0.25, 0.3) is 0 Å². The van der Waals surface area contributed by atoms with Gasteiger partial charge in [-0.1, -0.05) is 23.7 Å². The average Bonchev–Trinajstić information content (AvgIpc) is 3.21. The molecule has 2 aliphatic heterocycles. The van der Waals surface area contributed by atoms with Crippen LogP contribution in [0.1, 0.15) is 50.6 Å². The molecule has 0 aliphatic carbocycles. The fraction of sp³-hybridized carbons (Fsp3) is 0.636. The molecule has 0 radical (unpaired) electrons. The molecule has 2 atom stereocenters. The third-order valence-electron chi connectivity index (χ3n) is 5.87. The fourth-order valence-corrected chi connectivity index (χ4v) is 4.70. The van der Waals surface area contributed by atoms with Crippen LogP contribution >= 0.6 is 11.6 Å². The van der Waals surface area contributed by atoms with Crippen LogP contribution < -0.4 is 11.1 Å². The van der Waals surface area contributed by atoms with Gasteiger partial charge in [-0.2, -0.15) is 0 Å². The molecule has 1 aromatic rings. The molecular formula is C22H34ClN5O. The number of hydrogen-bond acceptors (Lipinski definition) is 3. The van der Waals surface area contributed by atoms with Gasteiger partial charge in [0.05, 0.1) is 12.6 Å². The van der Waals surface area contributed by atoms with E-state index in [-0.39, 0.29) is 11.9 Å². The first-order chi connectivity index (χ1) is 14.1. The number of guanidine groups is 1. The Bertz CT molecular complexity index is 704. The molecular weight excluding hydrogens is 386 g/mol. The Balaban J connectivity index is 1.76. The maximum absolute atomic E-state index is 11.4. The number of nitrogens with one attached hydrogen (secondary N) is 1. The molecule has 2 heterocycles. The monoisotopic (exact) mass is 419 g/mol. The zero-order valence-electron chi connectivity index (χ0n) is 17.4. The molecule has 0 saturated carbocycles. The number of nitrogens with two attached hydrogens (primary N) is 1. The minimum atomic E-state index is -0.214. The minimum Gasteiger partial charge on any atom is -0.370 e. The van der Waals surface area contributed by atoms with E-state index in [0.717, 1.165) is 56.5 Å². The number of carbonyl (C=O) groups excluding carboxylic acids is 1. The summed E-state index contributed by atoms with van der Waals surface area (Å²) >= 11 is 6.27. The summed E-state index contributed by atoms with van der Waals surface area (Å²) in [7, 11) is 0. The van der Waals surface area contributed by atoms with Crippen molar-refractivity contribution in [1.29, 1.82) is 0 Å². The first-order valence-corrected chi connectivity index (χ1v) is 11.3. The second-order valence-corrected chi connectivity index (χ2v) is 8.57. The summed E-state index contributed by atoms with van der Waals surface area (Å²) in [5.74, 6) is 1.04. The number of hydrogen-bond donors (Lipinski definition) is 2. The van der Waals surface area contributed by atoms with E-state index < -0.39 is 0 Å². The minimum absolute atomic E-state index is 0.214. The lowest BCUT2D eigenvalue weighted by molar-refractivity contribution is -0.119. The molecule has 2 saturated heterocycles. The van der Waals surface area contributed by atoms with Gasteiger partial charge in [0.1, 0.15) is 0 Å². The lowest BCUT2D eigenvalue weighted by atomic mass is 9.95. The number of benzene rings is 1. The quantitative estimate of drug-likeness (QED) is 0.526. The first-order valence-electron chi connectivity index (χ1n) is 10.9. The molecule has 3 rings (SSSR count). The van der Waals surface area contributed by atoms with Gasteiger partial charge in [-0.25, -0.2) is 0 Å². The summed E-state index contributed by atoms with van der Waals surface area (Å²) in [5.41, 5.74) is 6.65. The number of carbonyl (C=O) groups is 1. The van der Waals surface area contributed by atoms with Crippen molar-refractivity contribution in [2.24, 2.45) is 16.6 Å². The van der Waals surface area contributed by atoms with Crippen LogP contribution in [0.4, 0.5) is 0 Å². The molecule has 2 fully saturated rings. The number of halogens is 1. The smallest absolute Gasteiger partial charge is 0.217 e. The van der Waals surface area contributed by atoms with Crippen LogP contribution in [0.2, 0.25) is 5.02 Å². The van der Waals surface area contributed by atoms with Gasteiger partial charge in [0.2, 0.25) is 5.91 Å². The number of nitrogens with zero attached hydrogens (tertiary/aromatic N) is 3. The van der Waals surface area contributed by atoms with Crippen molar-refractivity contribution in [2.75, 3.05) is 39.3 Å². The Hall–Kier alpha value is -1.79. The molecule has 1 amide bonds. The zero-order valence-corrected chi connectivity index (χ0v) is 18.2. The van der Waals surface area contributed by atoms with Crippen molar-refractivity contribution in [2.45, 2.75) is 45.1 Å². The van der Waals surface area contributed by atoms with Gasteiger partial charge in [0.15, 0.2) is 5.96 Å². The van der Waals surface area contributed by atoms with E-state index in [2.05, 4.69) is 34.2 Å². The van der Waals surface area contributed by atoms with Crippen LogP contribution in [-0.2, 0) is 4.79 Å². The van der Waals surface area contributed by atoms with Crippen LogP contribution in [0.15, 0.2) is 29.3 Å². The van der Waals surface area contributed by atoms with Crippen molar-refractivity contribution in [3.8, 4) is 0 Å². The Morgan fingerprint density at radius 3 is 2.79 bits per heavy atom. The maximum atomic E-state index is 11.4. The first kappa shape index (κ1) is 21.9. The Labute approximate surface area is 179 Å². The molecule has 2 unspecified atom stereocenters. The van der Waals surface area contributed by atoms with Crippen LogP contribution in [-0.4, -0.2) is 60.9 Å². The summed E-state index contributed by atoms with van der Waals surface area (Å²) in [4.78, 5) is 21.2. The largest absolute Gasteiger partial charge is 0.370 e. The Morgan fingerprint density at radius 2 is 2.10 bits per heavy atom. The van der Waals surface area contributed by atoms with Crippen molar-refractivity contribution in [3.05, 3.63) is 34.9 Å². The van der Waals surface area contributed by atoms with Crippen LogP contribution in [0, 0.1) is 5.92 Å². The standard InChI is InChI=1S/C22H34ClN5O/c1-2-25-22(28-12-6-7-17(16-28)13-21(24)29)26-15-20(27-10-3-4-11-27)18-8-5-9-19(23)14-18/h5,8-9,14,17,20H,2-4,6-7,10-13,15-16H2,1H3,(H2,24,29)(H,25,26). The van der Waals surface area contributed by atoms with Crippen molar-refractivity contribution < 1.29 is 4.79 Å². The molecule has 0 aromatic heterocycles. The van der Waals surface area contributed by atoms with Gasteiger partial charge in [-0.15, -0.1) is 0 Å². The van der Waals surface area contributed by atoms with E-state index in [0.29, 0.717) is 18.9 Å². The lowest BCUT2D eigenvalue weighted by Crippen LogP contribution is -2.47. The predicted molar refractivity (Wildman–Crippen MR) is 119 cm³/mol. The van der Waals surface area contributed by atoms with E-state index in [1.165, 1.54) is 18.4 Å². The highest BCUT2D eigenvalue weighted by atomic mass is 35.5. The highest BCUT2D eigenvalue weighted by Crippen LogP contribution is 2.27. The molecule has 160 valence electrons. The summed E-state index contributed by atoms with van der Waals surface area (Å²) < 4.78 is 0. The Kier molecular flexibility index (Phi) is 8.19. The van der Waals surface area contributed by atoms with E-state index in [1.54, 1.807) is 0 Å². The number of primary amides is 1. The van der Waals surface area contributed by atoms with E-state index >= 15 is 0 Å². The van der Waals surface area contributed by atoms with Crippen LogP contribution in [0.3, 0.4) is 0 Å². The SMILES string of the molecule is CCNC(=NCC(c1cccc(Cl)c1)N1CCCC1)N1CCCC(CC(N)=O)C1. The van der Waals surface area contributed by atoms with Gasteiger partial charge in [-0.05, 0) is 69.3 Å². The third kappa shape index (κ3) is 6.34. The van der Waals surface area contributed by atoms with Gasteiger partial charge in [0.25, 0.3) is 0 Å². The van der Waals surface area contributed by atoms with Gasteiger partial charge in [-0.3, -0.25) is 14.7 Å². The second-order valence-electron chi connectivity index (χ2n) is 8.13. The number of likely N-dealkylation sites (tertiary alicyclic amines) is 2. The molecule has 6 nitrogen and oxygen atoms in total.